The van der Waals surface area contributed by atoms with Gasteiger partial charge in [-0.15, -0.1) is 11.3 Å². The van der Waals surface area contributed by atoms with Crippen molar-refractivity contribution in [3.05, 3.63) is 21.9 Å². The van der Waals surface area contributed by atoms with Crippen molar-refractivity contribution >= 4 is 23.2 Å². The molecule has 1 aromatic heterocycles. The maximum atomic E-state index is 12.7. The molecular weight excluding hydrogens is 284 g/mol. The predicted octanol–water partition coefficient (Wildman–Crippen LogP) is 2.71. The molecule has 116 valence electrons. The highest BCUT2D eigenvalue weighted by Crippen LogP contribution is 2.23. The Bertz CT molecular complexity index is 524. The van der Waals surface area contributed by atoms with Gasteiger partial charge in [0.15, 0.2) is 0 Å². The van der Waals surface area contributed by atoms with Crippen molar-refractivity contribution in [2.24, 2.45) is 5.92 Å². The minimum absolute atomic E-state index is 0.0176. The maximum absolute atomic E-state index is 12.7. The second-order valence-corrected chi connectivity index (χ2v) is 7.47. The summed E-state index contributed by atoms with van der Waals surface area (Å²) in [5.41, 5.74) is 0. The number of piperazine rings is 1. The van der Waals surface area contributed by atoms with Crippen LogP contribution in [-0.4, -0.2) is 28.8 Å². The van der Waals surface area contributed by atoms with Crippen molar-refractivity contribution < 1.29 is 9.59 Å². The number of nitrogens with one attached hydrogen (secondary N) is 1. The summed E-state index contributed by atoms with van der Waals surface area (Å²) in [6.45, 7) is 8.68. The number of hydrogen-bond acceptors (Lipinski definition) is 3. The highest BCUT2D eigenvalue weighted by molar-refractivity contribution is 7.11. The Morgan fingerprint density at radius 1 is 1.33 bits per heavy atom. The summed E-state index contributed by atoms with van der Waals surface area (Å²) < 4.78 is 0. The zero-order valence-electron chi connectivity index (χ0n) is 13.2. The number of hydrogen-bond donors (Lipinski definition) is 1. The molecule has 1 fully saturated rings. The van der Waals surface area contributed by atoms with Gasteiger partial charge in [0.1, 0.15) is 12.1 Å². The largest absolute Gasteiger partial charge is 0.342 e. The summed E-state index contributed by atoms with van der Waals surface area (Å²) in [7, 11) is 0. The molecule has 21 heavy (non-hydrogen) atoms. The number of thiophene rings is 1. The van der Waals surface area contributed by atoms with E-state index in [4.69, 9.17) is 0 Å². The molecule has 2 heterocycles. The van der Waals surface area contributed by atoms with Gasteiger partial charge < -0.3 is 10.2 Å². The van der Waals surface area contributed by atoms with Crippen LogP contribution in [0.1, 0.15) is 43.4 Å². The van der Waals surface area contributed by atoms with E-state index in [-0.39, 0.29) is 23.9 Å². The van der Waals surface area contributed by atoms with E-state index < -0.39 is 0 Å². The minimum Gasteiger partial charge on any atom is -0.342 e. The Labute approximate surface area is 130 Å². The molecule has 2 rings (SSSR count). The number of aryl methyl sites for hydroxylation is 1. The molecule has 0 spiro atoms. The van der Waals surface area contributed by atoms with E-state index in [1.54, 1.807) is 16.2 Å². The molecule has 1 N–H and O–H groups in total. The second kappa shape index (κ2) is 6.60. The molecular formula is C16H24N2O2S. The minimum atomic E-state index is -0.374. The summed E-state index contributed by atoms with van der Waals surface area (Å²) in [5.74, 6) is 0.417. The third kappa shape index (κ3) is 3.64. The summed E-state index contributed by atoms with van der Waals surface area (Å²) >= 11 is 1.69. The number of nitrogens with zero attached hydrogens (tertiary/aromatic N) is 1. The van der Waals surface area contributed by atoms with Gasteiger partial charge in [-0.1, -0.05) is 20.8 Å². The highest BCUT2D eigenvalue weighted by atomic mass is 32.1. The summed E-state index contributed by atoms with van der Waals surface area (Å²) in [5, 5.41) is 2.89. The van der Waals surface area contributed by atoms with Crippen molar-refractivity contribution in [3.63, 3.8) is 0 Å². The molecule has 2 unspecified atom stereocenters. The number of amides is 2. The zero-order valence-corrected chi connectivity index (χ0v) is 14.0. The maximum Gasteiger partial charge on any atom is 0.246 e. The Balaban J connectivity index is 2.19. The average molecular weight is 308 g/mol. The van der Waals surface area contributed by atoms with E-state index in [0.29, 0.717) is 25.3 Å². The van der Waals surface area contributed by atoms with Crippen molar-refractivity contribution in [3.8, 4) is 0 Å². The van der Waals surface area contributed by atoms with Crippen molar-refractivity contribution in [2.45, 2.75) is 59.2 Å². The van der Waals surface area contributed by atoms with E-state index in [2.05, 4.69) is 32.2 Å². The highest BCUT2D eigenvalue weighted by Gasteiger charge is 2.39. The Hall–Kier alpha value is -1.36. The molecule has 1 aromatic rings. The predicted molar refractivity (Wildman–Crippen MR) is 85.1 cm³/mol. The standard InChI is InChI=1S/C16H24N2O2S/c1-5-14-15(19)17-13(8-10(2)3)16(20)18(14)9-12-7-6-11(4)21-12/h6-7,10,13-14H,5,8-9H2,1-4H3,(H,17,19). The molecule has 1 saturated heterocycles. The fourth-order valence-electron chi connectivity index (χ4n) is 2.79. The van der Waals surface area contributed by atoms with Crippen LogP contribution in [0.15, 0.2) is 12.1 Å². The van der Waals surface area contributed by atoms with Crippen LogP contribution in [0.5, 0.6) is 0 Å². The van der Waals surface area contributed by atoms with E-state index in [0.717, 1.165) is 4.88 Å². The topological polar surface area (TPSA) is 49.4 Å². The van der Waals surface area contributed by atoms with Crippen LogP contribution in [0.2, 0.25) is 0 Å². The van der Waals surface area contributed by atoms with Gasteiger partial charge in [-0.2, -0.15) is 0 Å². The Morgan fingerprint density at radius 2 is 2.05 bits per heavy atom. The van der Waals surface area contributed by atoms with Crippen LogP contribution in [0.3, 0.4) is 0 Å². The fourth-order valence-corrected chi connectivity index (χ4v) is 3.68. The molecule has 0 bridgehead atoms. The number of carbonyl (C=O) groups is 2. The fraction of sp³-hybridized carbons (Fsp3) is 0.625. The van der Waals surface area contributed by atoms with Crippen LogP contribution < -0.4 is 5.32 Å². The molecule has 1 aliphatic heterocycles. The van der Waals surface area contributed by atoms with Crippen LogP contribution in [-0.2, 0) is 16.1 Å². The summed E-state index contributed by atoms with van der Waals surface area (Å²) in [6.07, 6.45) is 1.34. The van der Waals surface area contributed by atoms with Crippen LogP contribution in [0.25, 0.3) is 0 Å². The van der Waals surface area contributed by atoms with Gasteiger partial charge in [0.05, 0.1) is 6.54 Å². The Morgan fingerprint density at radius 3 is 2.57 bits per heavy atom. The first-order valence-corrected chi connectivity index (χ1v) is 8.40. The van der Waals surface area contributed by atoms with E-state index in [9.17, 15) is 9.59 Å². The van der Waals surface area contributed by atoms with Gasteiger partial charge in [0.25, 0.3) is 0 Å². The van der Waals surface area contributed by atoms with Crippen molar-refractivity contribution in [2.75, 3.05) is 0 Å². The van der Waals surface area contributed by atoms with Gasteiger partial charge in [-0.05, 0) is 37.8 Å². The van der Waals surface area contributed by atoms with Gasteiger partial charge in [0, 0.05) is 9.75 Å². The lowest BCUT2D eigenvalue weighted by atomic mass is 9.97. The lowest BCUT2D eigenvalue weighted by molar-refractivity contribution is -0.150. The third-order valence-corrected chi connectivity index (χ3v) is 4.78. The normalized spacial score (nSPS) is 22.8. The van der Waals surface area contributed by atoms with Gasteiger partial charge in [-0.25, -0.2) is 0 Å². The van der Waals surface area contributed by atoms with Gasteiger partial charge >= 0.3 is 0 Å². The van der Waals surface area contributed by atoms with E-state index in [1.807, 2.05) is 13.0 Å². The average Bonchev–Trinajstić information content (AvgIpc) is 2.80. The monoisotopic (exact) mass is 308 g/mol. The quantitative estimate of drug-likeness (QED) is 0.909. The number of carbonyl (C=O) groups excluding carboxylic acids is 2. The molecule has 5 heteroatoms. The van der Waals surface area contributed by atoms with Crippen LogP contribution in [0.4, 0.5) is 0 Å². The first kappa shape index (κ1) is 16.0. The molecule has 0 aliphatic carbocycles. The smallest absolute Gasteiger partial charge is 0.246 e. The first-order valence-electron chi connectivity index (χ1n) is 7.58. The van der Waals surface area contributed by atoms with Crippen LogP contribution in [0, 0.1) is 12.8 Å². The van der Waals surface area contributed by atoms with E-state index in [1.165, 1.54) is 4.88 Å². The molecule has 2 atom stereocenters. The Kier molecular flexibility index (Phi) is 5.04. The third-order valence-electron chi connectivity index (χ3n) is 3.79. The van der Waals surface area contributed by atoms with Crippen LogP contribution >= 0.6 is 11.3 Å². The van der Waals surface area contributed by atoms with Crippen molar-refractivity contribution in [1.29, 1.82) is 0 Å². The number of rotatable bonds is 5. The molecule has 4 nitrogen and oxygen atoms in total. The molecule has 0 aromatic carbocycles. The summed E-state index contributed by atoms with van der Waals surface area (Å²) in [6, 6.07) is 3.38. The first-order chi connectivity index (χ1) is 9.92. The molecule has 1 aliphatic rings. The summed E-state index contributed by atoms with van der Waals surface area (Å²) in [4.78, 5) is 29.1. The molecule has 2 amide bonds. The van der Waals surface area contributed by atoms with E-state index >= 15 is 0 Å². The molecule has 0 radical (unpaired) electrons. The lowest BCUT2D eigenvalue weighted by Crippen LogP contribution is -2.62. The van der Waals surface area contributed by atoms with Crippen molar-refractivity contribution in [1.82, 2.24) is 10.2 Å². The zero-order chi connectivity index (χ0) is 15.6. The molecule has 0 saturated carbocycles. The SMILES string of the molecule is CCC1C(=O)NC(CC(C)C)C(=O)N1Cc1ccc(C)s1. The lowest BCUT2D eigenvalue weighted by Gasteiger charge is -2.39. The van der Waals surface area contributed by atoms with Gasteiger partial charge in [0.2, 0.25) is 11.8 Å². The van der Waals surface area contributed by atoms with Gasteiger partial charge in [-0.3, -0.25) is 9.59 Å². The second-order valence-electron chi connectivity index (χ2n) is 6.09.